The predicted molar refractivity (Wildman–Crippen MR) is 144 cm³/mol. The quantitative estimate of drug-likeness (QED) is 0.303. The highest BCUT2D eigenvalue weighted by Crippen LogP contribution is 2.37. The zero-order chi connectivity index (χ0) is 26.3. The lowest BCUT2D eigenvalue weighted by Gasteiger charge is -2.26. The first-order valence-electron chi connectivity index (χ1n) is 12.2. The van der Waals surface area contributed by atoms with Crippen molar-refractivity contribution in [3.63, 3.8) is 0 Å². The monoisotopic (exact) mass is 532 g/mol. The van der Waals surface area contributed by atoms with Crippen LogP contribution in [-0.2, 0) is 11.2 Å². The summed E-state index contributed by atoms with van der Waals surface area (Å²) in [7, 11) is 3.21. The van der Waals surface area contributed by atoms with E-state index in [1.165, 1.54) is 11.8 Å². The molecule has 0 saturated carbocycles. The molecule has 38 heavy (non-hydrogen) atoms. The molecular weight excluding hydrogens is 504 g/mol. The molecule has 4 aromatic rings. The first-order chi connectivity index (χ1) is 18.7. The van der Waals surface area contributed by atoms with E-state index >= 15 is 0 Å². The SMILES string of the molecule is COc1ccc(CCNC(=O)CSc2nnc(C3COc4ccccc4O3)n2-c2ccccc2)cc1OC. The maximum absolute atomic E-state index is 12.6. The Morgan fingerprint density at radius 3 is 2.55 bits per heavy atom. The van der Waals surface area contributed by atoms with Crippen LogP contribution in [0.15, 0.2) is 78.0 Å². The summed E-state index contributed by atoms with van der Waals surface area (Å²) in [6, 6.07) is 23.1. The Balaban J connectivity index is 1.24. The molecule has 1 aromatic heterocycles. The molecule has 1 N–H and O–H groups in total. The van der Waals surface area contributed by atoms with Crippen LogP contribution >= 0.6 is 11.8 Å². The van der Waals surface area contributed by atoms with Crippen molar-refractivity contribution < 1.29 is 23.7 Å². The zero-order valence-corrected chi connectivity index (χ0v) is 21.9. The number of ether oxygens (including phenoxy) is 4. The van der Waals surface area contributed by atoms with Gasteiger partial charge in [0.15, 0.2) is 40.1 Å². The summed E-state index contributed by atoms with van der Waals surface area (Å²) >= 11 is 1.32. The lowest BCUT2D eigenvalue weighted by Crippen LogP contribution is -2.27. The number of nitrogens with zero attached hydrogens (tertiary/aromatic N) is 3. The zero-order valence-electron chi connectivity index (χ0n) is 21.1. The van der Waals surface area contributed by atoms with E-state index in [0.29, 0.717) is 53.6 Å². The number of benzene rings is 3. The van der Waals surface area contributed by atoms with Gasteiger partial charge in [-0.25, -0.2) is 0 Å². The van der Waals surface area contributed by atoms with E-state index in [9.17, 15) is 4.79 Å². The third-order valence-corrected chi connectivity index (χ3v) is 6.91. The van der Waals surface area contributed by atoms with Gasteiger partial charge in [0.2, 0.25) is 5.91 Å². The standard InChI is InChI=1S/C28H28N4O5S/c1-34-21-13-12-19(16-24(21)35-2)14-15-29-26(33)18-38-28-31-30-27(32(28)20-8-4-3-5-9-20)25-17-36-22-10-6-7-11-23(22)37-25/h3-13,16,25H,14-15,17-18H2,1-2H3,(H,29,33). The average Bonchev–Trinajstić information content (AvgIpc) is 3.40. The molecule has 1 unspecified atom stereocenters. The van der Waals surface area contributed by atoms with Gasteiger partial charge in [0.25, 0.3) is 0 Å². The van der Waals surface area contributed by atoms with Crippen molar-refractivity contribution in [1.82, 2.24) is 20.1 Å². The molecule has 0 spiro atoms. The minimum absolute atomic E-state index is 0.0918. The van der Waals surface area contributed by atoms with Crippen molar-refractivity contribution in [3.8, 4) is 28.7 Å². The van der Waals surface area contributed by atoms with Gasteiger partial charge in [-0.2, -0.15) is 0 Å². The van der Waals surface area contributed by atoms with E-state index < -0.39 is 6.10 Å². The fourth-order valence-corrected chi connectivity index (χ4v) is 4.90. The van der Waals surface area contributed by atoms with Gasteiger partial charge in [-0.15, -0.1) is 10.2 Å². The van der Waals surface area contributed by atoms with Crippen LogP contribution in [0.1, 0.15) is 17.5 Å². The molecule has 5 rings (SSSR count). The molecule has 1 aliphatic rings. The number of fused-ring (bicyclic) bond motifs is 1. The summed E-state index contributed by atoms with van der Waals surface area (Å²) in [6.45, 7) is 0.807. The van der Waals surface area contributed by atoms with E-state index in [2.05, 4.69) is 15.5 Å². The van der Waals surface area contributed by atoms with E-state index in [0.717, 1.165) is 11.3 Å². The molecule has 10 heteroatoms. The third kappa shape index (κ3) is 5.70. The third-order valence-electron chi connectivity index (χ3n) is 5.99. The van der Waals surface area contributed by atoms with Gasteiger partial charge >= 0.3 is 0 Å². The second-order valence-corrected chi connectivity index (χ2v) is 9.40. The van der Waals surface area contributed by atoms with Crippen LogP contribution in [0.3, 0.4) is 0 Å². The van der Waals surface area contributed by atoms with Crippen molar-refractivity contribution in [3.05, 3.63) is 84.2 Å². The van der Waals surface area contributed by atoms with Crippen molar-refractivity contribution in [1.29, 1.82) is 0 Å². The van der Waals surface area contributed by atoms with Crippen LogP contribution in [0.25, 0.3) is 5.69 Å². The number of hydrogen-bond acceptors (Lipinski definition) is 8. The normalized spacial score (nSPS) is 14.1. The van der Waals surface area contributed by atoms with Crippen LogP contribution in [0, 0.1) is 0 Å². The second-order valence-electron chi connectivity index (χ2n) is 8.45. The molecule has 1 aliphatic heterocycles. The fourth-order valence-electron chi connectivity index (χ4n) is 4.11. The maximum atomic E-state index is 12.6. The minimum atomic E-state index is -0.442. The number of carbonyl (C=O) groups is 1. The molecule has 1 atom stereocenters. The molecule has 3 aromatic carbocycles. The van der Waals surface area contributed by atoms with Crippen molar-refractivity contribution in [2.24, 2.45) is 0 Å². The highest BCUT2D eigenvalue weighted by molar-refractivity contribution is 7.99. The molecule has 0 fully saturated rings. The smallest absolute Gasteiger partial charge is 0.230 e. The van der Waals surface area contributed by atoms with Crippen LogP contribution in [-0.4, -0.2) is 53.8 Å². The van der Waals surface area contributed by atoms with Crippen molar-refractivity contribution >= 4 is 17.7 Å². The van der Waals surface area contributed by atoms with Gasteiger partial charge in [-0.3, -0.25) is 9.36 Å². The van der Waals surface area contributed by atoms with Gasteiger partial charge in [-0.1, -0.05) is 48.2 Å². The number of thioether (sulfide) groups is 1. The fraction of sp³-hybridized carbons (Fsp3) is 0.250. The molecule has 2 heterocycles. The number of hydrogen-bond donors (Lipinski definition) is 1. The molecular formula is C28H28N4O5S. The van der Waals surface area contributed by atoms with Gasteiger partial charge < -0.3 is 24.3 Å². The van der Waals surface area contributed by atoms with E-state index in [1.807, 2.05) is 77.4 Å². The Morgan fingerprint density at radius 2 is 1.76 bits per heavy atom. The Morgan fingerprint density at radius 1 is 1.00 bits per heavy atom. The van der Waals surface area contributed by atoms with Gasteiger partial charge in [0.1, 0.15) is 6.61 Å². The summed E-state index contributed by atoms with van der Waals surface area (Å²) in [6.07, 6.45) is 0.226. The van der Waals surface area contributed by atoms with Gasteiger partial charge in [0, 0.05) is 12.2 Å². The highest BCUT2D eigenvalue weighted by Gasteiger charge is 2.29. The number of aromatic nitrogens is 3. The predicted octanol–water partition coefficient (Wildman–Crippen LogP) is 4.25. The number of para-hydroxylation sites is 3. The molecule has 0 bridgehead atoms. The van der Waals surface area contributed by atoms with Gasteiger partial charge in [-0.05, 0) is 48.4 Å². The summed E-state index contributed by atoms with van der Waals surface area (Å²) in [4.78, 5) is 12.6. The topological polar surface area (TPSA) is 96.7 Å². The van der Waals surface area contributed by atoms with Crippen LogP contribution in [0.2, 0.25) is 0 Å². The highest BCUT2D eigenvalue weighted by atomic mass is 32.2. The number of nitrogens with one attached hydrogen (secondary N) is 1. The summed E-state index contributed by atoms with van der Waals surface area (Å²) in [5, 5.41) is 12.4. The minimum Gasteiger partial charge on any atom is -0.493 e. The van der Waals surface area contributed by atoms with Gasteiger partial charge in [0.05, 0.1) is 20.0 Å². The van der Waals surface area contributed by atoms with Crippen LogP contribution in [0.5, 0.6) is 23.0 Å². The largest absolute Gasteiger partial charge is 0.493 e. The van der Waals surface area contributed by atoms with E-state index in [1.54, 1.807) is 14.2 Å². The van der Waals surface area contributed by atoms with E-state index in [4.69, 9.17) is 18.9 Å². The number of amides is 1. The lowest BCUT2D eigenvalue weighted by atomic mass is 10.1. The van der Waals surface area contributed by atoms with E-state index in [-0.39, 0.29) is 11.7 Å². The Bertz CT molecular complexity index is 1400. The molecule has 1 amide bonds. The number of rotatable bonds is 10. The molecule has 0 aliphatic carbocycles. The van der Waals surface area contributed by atoms with Crippen molar-refractivity contribution in [2.75, 3.05) is 33.1 Å². The van der Waals surface area contributed by atoms with Crippen LogP contribution in [0.4, 0.5) is 0 Å². The maximum Gasteiger partial charge on any atom is 0.230 e. The number of carbonyl (C=O) groups excluding carboxylic acids is 1. The Labute approximate surface area is 225 Å². The first kappa shape index (κ1) is 25.5. The lowest BCUT2D eigenvalue weighted by molar-refractivity contribution is -0.118. The molecule has 196 valence electrons. The number of methoxy groups -OCH3 is 2. The average molecular weight is 533 g/mol. The molecule has 9 nitrogen and oxygen atoms in total. The van der Waals surface area contributed by atoms with Crippen LogP contribution < -0.4 is 24.3 Å². The molecule has 0 radical (unpaired) electrons. The summed E-state index contributed by atoms with van der Waals surface area (Å²) < 4.78 is 24.7. The first-order valence-corrected chi connectivity index (χ1v) is 13.1. The summed E-state index contributed by atoms with van der Waals surface area (Å²) in [5.74, 6) is 3.42. The second kappa shape index (κ2) is 11.9. The molecule has 0 saturated heterocycles. The Hall–Kier alpha value is -4.18. The van der Waals surface area contributed by atoms with Crippen molar-refractivity contribution in [2.45, 2.75) is 17.7 Å². The summed E-state index contributed by atoms with van der Waals surface area (Å²) in [5.41, 5.74) is 1.92. The Kier molecular flexibility index (Phi) is 7.98.